The number of thiazole rings is 1. The molecule has 19 heavy (non-hydrogen) atoms. The van der Waals surface area contributed by atoms with Crippen molar-refractivity contribution in [2.45, 2.75) is 6.54 Å². The first-order chi connectivity index (χ1) is 9.42. The Morgan fingerprint density at radius 2 is 1.84 bits per heavy atom. The first kappa shape index (κ1) is 11.7. The largest absolute Gasteiger partial charge is 0.349 e. The summed E-state index contributed by atoms with van der Waals surface area (Å²) in [5, 5.41) is 6.06. The highest BCUT2D eigenvalue weighted by molar-refractivity contribution is 7.13. The van der Waals surface area contributed by atoms with Crippen LogP contribution in [0.2, 0.25) is 0 Å². The van der Waals surface area contributed by atoms with Gasteiger partial charge in [0.15, 0.2) is 0 Å². The standard InChI is InChI=1S/C13H11N5S/c1-2-5-14-11(4-1)12-18-10(9-19-12)8-17-13-15-6-3-7-16-13/h1-7,9H,8H2,(H,15,16,17). The van der Waals surface area contributed by atoms with Crippen LogP contribution < -0.4 is 5.32 Å². The Bertz CT molecular complexity index is 638. The summed E-state index contributed by atoms with van der Waals surface area (Å²) in [5.41, 5.74) is 1.85. The zero-order valence-corrected chi connectivity index (χ0v) is 10.8. The van der Waals surface area contributed by atoms with Crippen LogP contribution in [0.15, 0.2) is 48.2 Å². The van der Waals surface area contributed by atoms with Crippen LogP contribution in [0, 0.1) is 0 Å². The highest BCUT2D eigenvalue weighted by atomic mass is 32.1. The number of nitrogens with zero attached hydrogens (tertiary/aromatic N) is 4. The molecule has 0 fully saturated rings. The van der Waals surface area contributed by atoms with Crippen molar-refractivity contribution in [1.82, 2.24) is 19.9 Å². The second-order valence-corrected chi connectivity index (χ2v) is 4.64. The Kier molecular flexibility index (Phi) is 3.42. The smallest absolute Gasteiger partial charge is 0.222 e. The van der Waals surface area contributed by atoms with E-state index in [0.717, 1.165) is 16.4 Å². The fourth-order valence-electron chi connectivity index (χ4n) is 1.56. The van der Waals surface area contributed by atoms with Crippen LogP contribution in [-0.2, 0) is 6.54 Å². The molecule has 3 heterocycles. The van der Waals surface area contributed by atoms with E-state index in [2.05, 4.69) is 25.3 Å². The van der Waals surface area contributed by atoms with Crippen molar-refractivity contribution in [3.63, 3.8) is 0 Å². The van der Waals surface area contributed by atoms with Gasteiger partial charge in [-0.1, -0.05) is 6.07 Å². The van der Waals surface area contributed by atoms with Crippen LogP contribution >= 0.6 is 11.3 Å². The number of nitrogens with one attached hydrogen (secondary N) is 1. The molecule has 3 aromatic rings. The van der Waals surface area contributed by atoms with Gasteiger partial charge in [-0.15, -0.1) is 11.3 Å². The van der Waals surface area contributed by atoms with Gasteiger partial charge in [0.2, 0.25) is 5.95 Å². The highest BCUT2D eigenvalue weighted by Crippen LogP contribution is 2.21. The lowest BCUT2D eigenvalue weighted by molar-refractivity contribution is 1.02. The van der Waals surface area contributed by atoms with Gasteiger partial charge in [0, 0.05) is 24.0 Å². The number of anilines is 1. The van der Waals surface area contributed by atoms with Crippen LogP contribution in [0.5, 0.6) is 0 Å². The van der Waals surface area contributed by atoms with Gasteiger partial charge in [0.25, 0.3) is 0 Å². The van der Waals surface area contributed by atoms with Crippen molar-refractivity contribution in [1.29, 1.82) is 0 Å². The Morgan fingerprint density at radius 1 is 1.00 bits per heavy atom. The van der Waals surface area contributed by atoms with Crippen LogP contribution in [0.3, 0.4) is 0 Å². The first-order valence-electron chi connectivity index (χ1n) is 5.78. The van der Waals surface area contributed by atoms with Gasteiger partial charge < -0.3 is 5.32 Å². The fraction of sp³-hybridized carbons (Fsp3) is 0.0769. The highest BCUT2D eigenvalue weighted by Gasteiger charge is 2.05. The van der Waals surface area contributed by atoms with Crippen LogP contribution in [-0.4, -0.2) is 19.9 Å². The van der Waals surface area contributed by atoms with E-state index in [9.17, 15) is 0 Å². The maximum Gasteiger partial charge on any atom is 0.222 e. The summed E-state index contributed by atoms with van der Waals surface area (Å²) in [6.45, 7) is 0.605. The zero-order valence-electron chi connectivity index (χ0n) is 10.0. The summed E-state index contributed by atoms with van der Waals surface area (Å²) in [4.78, 5) is 17.0. The summed E-state index contributed by atoms with van der Waals surface area (Å²) in [6, 6.07) is 7.59. The average molecular weight is 269 g/mol. The van der Waals surface area contributed by atoms with E-state index in [0.29, 0.717) is 12.5 Å². The second kappa shape index (κ2) is 5.53. The van der Waals surface area contributed by atoms with Crippen molar-refractivity contribution in [3.05, 3.63) is 53.9 Å². The minimum absolute atomic E-state index is 0.605. The van der Waals surface area contributed by atoms with Gasteiger partial charge in [-0.3, -0.25) is 4.98 Å². The number of rotatable bonds is 4. The molecule has 0 atom stereocenters. The molecule has 0 radical (unpaired) electrons. The van der Waals surface area contributed by atoms with Gasteiger partial charge in [-0.2, -0.15) is 0 Å². The predicted molar refractivity (Wildman–Crippen MR) is 74.7 cm³/mol. The van der Waals surface area contributed by atoms with Gasteiger partial charge in [0.05, 0.1) is 17.9 Å². The molecule has 6 heteroatoms. The number of aromatic nitrogens is 4. The van der Waals surface area contributed by atoms with Crippen LogP contribution in [0.25, 0.3) is 10.7 Å². The monoisotopic (exact) mass is 269 g/mol. The Labute approximate surface area is 114 Å². The summed E-state index contributed by atoms with van der Waals surface area (Å²) in [6.07, 6.45) is 5.18. The minimum atomic E-state index is 0.605. The third-order valence-corrected chi connectivity index (χ3v) is 3.34. The maximum absolute atomic E-state index is 4.53. The molecule has 94 valence electrons. The second-order valence-electron chi connectivity index (χ2n) is 3.78. The number of hydrogen-bond acceptors (Lipinski definition) is 6. The Balaban J connectivity index is 1.69. The summed E-state index contributed by atoms with van der Waals surface area (Å²) in [5.74, 6) is 0.606. The molecule has 0 saturated heterocycles. The van der Waals surface area contributed by atoms with E-state index in [4.69, 9.17) is 0 Å². The number of pyridine rings is 1. The van der Waals surface area contributed by atoms with Crippen molar-refractivity contribution < 1.29 is 0 Å². The van der Waals surface area contributed by atoms with E-state index >= 15 is 0 Å². The Morgan fingerprint density at radius 3 is 2.63 bits per heavy atom. The average Bonchev–Trinajstić information content (AvgIpc) is 2.96. The normalized spacial score (nSPS) is 10.3. The molecule has 3 aromatic heterocycles. The maximum atomic E-state index is 4.53. The molecule has 0 aliphatic heterocycles. The molecule has 0 saturated carbocycles. The zero-order chi connectivity index (χ0) is 12.9. The van der Waals surface area contributed by atoms with Gasteiger partial charge >= 0.3 is 0 Å². The minimum Gasteiger partial charge on any atom is -0.349 e. The van der Waals surface area contributed by atoms with Crippen molar-refractivity contribution >= 4 is 17.3 Å². The lowest BCUT2D eigenvalue weighted by Crippen LogP contribution is -2.03. The fourth-order valence-corrected chi connectivity index (χ4v) is 2.35. The van der Waals surface area contributed by atoms with Crippen molar-refractivity contribution in [2.75, 3.05) is 5.32 Å². The summed E-state index contributed by atoms with van der Waals surface area (Å²) in [7, 11) is 0. The molecular weight excluding hydrogens is 258 g/mol. The van der Waals surface area contributed by atoms with Crippen LogP contribution in [0.4, 0.5) is 5.95 Å². The molecule has 0 aliphatic rings. The molecule has 0 amide bonds. The summed E-state index contributed by atoms with van der Waals surface area (Å²) >= 11 is 1.58. The lowest BCUT2D eigenvalue weighted by Gasteiger charge is -2.00. The molecular formula is C13H11N5S. The lowest BCUT2D eigenvalue weighted by atomic mass is 10.4. The molecule has 0 spiro atoms. The molecule has 0 unspecified atom stereocenters. The SMILES string of the molecule is c1ccc(-c2nc(CNc3ncccn3)cs2)nc1. The molecule has 3 rings (SSSR count). The quantitative estimate of drug-likeness (QED) is 0.788. The van der Waals surface area contributed by atoms with E-state index in [-0.39, 0.29) is 0 Å². The third kappa shape index (κ3) is 2.92. The van der Waals surface area contributed by atoms with Gasteiger partial charge in [-0.25, -0.2) is 15.0 Å². The third-order valence-electron chi connectivity index (χ3n) is 2.43. The predicted octanol–water partition coefficient (Wildman–Crippen LogP) is 2.61. The molecule has 1 N–H and O–H groups in total. The Hall–Kier alpha value is -2.34. The van der Waals surface area contributed by atoms with E-state index in [1.165, 1.54) is 0 Å². The van der Waals surface area contributed by atoms with Crippen molar-refractivity contribution in [3.8, 4) is 10.7 Å². The molecule has 0 aromatic carbocycles. The molecule has 0 aliphatic carbocycles. The topological polar surface area (TPSA) is 63.6 Å². The molecule has 5 nitrogen and oxygen atoms in total. The van der Waals surface area contributed by atoms with Gasteiger partial charge in [-0.05, 0) is 18.2 Å². The van der Waals surface area contributed by atoms with Gasteiger partial charge in [0.1, 0.15) is 5.01 Å². The van der Waals surface area contributed by atoms with Crippen molar-refractivity contribution in [2.24, 2.45) is 0 Å². The number of hydrogen-bond donors (Lipinski definition) is 1. The molecule has 0 bridgehead atoms. The van der Waals surface area contributed by atoms with Crippen LogP contribution in [0.1, 0.15) is 5.69 Å². The first-order valence-corrected chi connectivity index (χ1v) is 6.66. The van der Waals surface area contributed by atoms with E-state index < -0.39 is 0 Å². The van der Waals surface area contributed by atoms with E-state index in [1.807, 2.05) is 23.6 Å². The van der Waals surface area contributed by atoms with E-state index in [1.54, 1.807) is 36.0 Å². The summed E-state index contributed by atoms with van der Waals surface area (Å²) < 4.78 is 0.